The summed E-state index contributed by atoms with van der Waals surface area (Å²) in [6.45, 7) is 3.29. The Balaban J connectivity index is 1.02. The van der Waals surface area contributed by atoms with Crippen molar-refractivity contribution in [2.24, 2.45) is 5.14 Å². The molecule has 15 nitrogen and oxygen atoms in total. The van der Waals surface area contributed by atoms with Gasteiger partial charge in [-0.15, -0.1) is 0 Å². The molecule has 4 N–H and O–H groups in total. The molecule has 1 saturated heterocycles. The number of likely N-dealkylation sites (tertiary alicyclic amines) is 1. The number of fused-ring (bicyclic) bond motifs is 1. The molecule has 4 rings (SSSR count). The Morgan fingerprint density at radius 1 is 0.872 bits per heavy atom. The monoisotopic (exact) mass is 673 g/mol. The minimum atomic E-state index is -3.81. The minimum Gasteiger partial charge on any atom is -0.384 e. The van der Waals surface area contributed by atoms with Crippen LogP contribution in [0.1, 0.15) is 56.8 Å². The first-order valence-corrected chi connectivity index (χ1v) is 16.7. The van der Waals surface area contributed by atoms with Gasteiger partial charge in [0.05, 0.1) is 42.4 Å². The number of hydrogen-bond donors (Lipinski definition) is 3. The van der Waals surface area contributed by atoms with Gasteiger partial charge in [0, 0.05) is 51.0 Å². The maximum Gasteiger partial charge on any atom is 0.264 e. The molecular formula is C31H39N5O10S. The molecule has 0 radical (unpaired) electrons. The summed E-state index contributed by atoms with van der Waals surface area (Å²) in [7, 11) is -2.45. The predicted molar refractivity (Wildman–Crippen MR) is 168 cm³/mol. The number of ether oxygens (including phenoxy) is 3. The quantitative estimate of drug-likeness (QED) is 0.149. The Morgan fingerprint density at radius 2 is 1.49 bits per heavy atom. The molecule has 16 heteroatoms. The van der Waals surface area contributed by atoms with Crippen LogP contribution in [-0.4, -0.2) is 114 Å². The largest absolute Gasteiger partial charge is 0.384 e. The van der Waals surface area contributed by atoms with Crippen molar-refractivity contribution in [1.29, 1.82) is 0 Å². The summed E-state index contributed by atoms with van der Waals surface area (Å²) < 4.78 is 39.2. The fourth-order valence-electron chi connectivity index (χ4n) is 5.08. The summed E-state index contributed by atoms with van der Waals surface area (Å²) in [4.78, 5) is 64.8. The van der Waals surface area contributed by atoms with Crippen LogP contribution in [0.5, 0.6) is 0 Å². The van der Waals surface area contributed by atoms with Gasteiger partial charge in [-0.1, -0.05) is 6.07 Å². The zero-order chi connectivity index (χ0) is 34.0. The van der Waals surface area contributed by atoms with E-state index in [4.69, 9.17) is 19.3 Å². The highest BCUT2D eigenvalue weighted by Crippen LogP contribution is 2.33. The Kier molecular flexibility index (Phi) is 12.6. The average Bonchev–Trinajstić information content (AvgIpc) is 3.31. The number of amides is 5. The lowest BCUT2D eigenvalue weighted by Crippen LogP contribution is -2.54. The van der Waals surface area contributed by atoms with E-state index in [9.17, 15) is 32.4 Å². The van der Waals surface area contributed by atoms with E-state index in [-0.39, 0.29) is 40.7 Å². The van der Waals surface area contributed by atoms with Crippen LogP contribution in [0.25, 0.3) is 0 Å². The summed E-state index contributed by atoms with van der Waals surface area (Å²) >= 11 is 0. The maximum atomic E-state index is 13.2. The Bertz CT molecular complexity index is 1580. The molecule has 2 aliphatic heterocycles. The smallest absolute Gasteiger partial charge is 0.264 e. The Labute approximate surface area is 272 Å². The van der Waals surface area contributed by atoms with Crippen molar-refractivity contribution in [3.8, 4) is 0 Å². The van der Waals surface area contributed by atoms with Gasteiger partial charge in [0.2, 0.25) is 15.9 Å². The molecule has 254 valence electrons. The highest BCUT2D eigenvalue weighted by atomic mass is 32.2. The van der Waals surface area contributed by atoms with E-state index in [1.165, 1.54) is 31.3 Å². The first-order valence-electron chi connectivity index (χ1n) is 15.2. The van der Waals surface area contributed by atoms with Gasteiger partial charge in [-0.2, -0.15) is 0 Å². The molecule has 0 aromatic heterocycles. The fourth-order valence-corrected chi connectivity index (χ4v) is 5.60. The van der Waals surface area contributed by atoms with E-state index in [1.807, 2.05) is 0 Å². The topological polar surface area (TPSA) is 204 Å². The molecule has 47 heavy (non-hydrogen) atoms. The first-order chi connectivity index (χ1) is 22.5. The predicted octanol–water partition coefficient (Wildman–Crippen LogP) is 0.749. The van der Waals surface area contributed by atoms with E-state index in [0.717, 1.165) is 9.80 Å². The van der Waals surface area contributed by atoms with Crippen LogP contribution in [0, 0.1) is 0 Å². The van der Waals surface area contributed by atoms with E-state index < -0.39 is 33.8 Å². The fraction of sp³-hybridized carbons (Fsp3) is 0.452. The van der Waals surface area contributed by atoms with Crippen LogP contribution in [0.15, 0.2) is 47.4 Å². The second kappa shape index (κ2) is 16.6. The second-order valence-electron chi connectivity index (χ2n) is 10.9. The number of sulfonamides is 1. The van der Waals surface area contributed by atoms with E-state index in [0.29, 0.717) is 76.8 Å². The molecule has 2 aromatic carbocycles. The molecule has 1 atom stereocenters. The molecule has 0 aliphatic carbocycles. The number of nitrogens with one attached hydrogen (secondary N) is 2. The lowest BCUT2D eigenvalue weighted by atomic mass is 10.0. The standard InChI is InChI=1S/C31H39N5O10S/c1-35-26(37)12-11-25(30(35)40)36-29(39)23-5-2-6-24(27(23)31(36)41)33-13-3-15-44-17-19-46-20-18-45-16-4-14-34-28(38)21-7-9-22(10-8-21)47(32,42)43/h2,5-10,25,33H,3-4,11-20H2,1H3,(H,34,38)(H2,32,42,43). The van der Waals surface area contributed by atoms with Crippen molar-refractivity contribution < 1.29 is 46.6 Å². The molecule has 2 aliphatic rings. The second-order valence-corrected chi connectivity index (χ2v) is 12.4. The molecule has 5 amide bonds. The normalized spacial score (nSPS) is 16.5. The van der Waals surface area contributed by atoms with E-state index in [2.05, 4.69) is 10.6 Å². The van der Waals surface area contributed by atoms with Gasteiger partial charge >= 0.3 is 0 Å². The number of carbonyl (C=O) groups is 5. The number of nitrogens with two attached hydrogens (primary N) is 1. The summed E-state index contributed by atoms with van der Waals surface area (Å²) in [5.74, 6) is -2.31. The summed E-state index contributed by atoms with van der Waals surface area (Å²) in [5.41, 5.74) is 1.28. The van der Waals surface area contributed by atoms with Crippen LogP contribution < -0.4 is 15.8 Å². The molecule has 1 unspecified atom stereocenters. The van der Waals surface area contributed by atoms with Crippen molar-refractivity contribution in [1.82, 2.24) is 15.1 Å². The van der Waals surface area contributed by atoms with Crippen LogP contribution in [0.3, 0.4) is 0 Å². The molecule has 0 bridgehead atoms. The lowest BCUT2D eigenvalue weighted by Gasteiger charge is -2.32. The van der Waals surface area contributed by atoms with Crippen LogP contribution in [-0.2, 0) is 33.8 Å². The Morgan fingerprint density at radius 3 is 2.13 bits per heavy atom. The number of imide groups is 2. The third-order valence-electron chi connectivity index (χ3n) is 7.60. The third-order valence-corrected chi connectivity index (χ3v) is 8.53. The summed E-state index contributed by atoms with van der Waals surface area (Å²) in [6, 6.07) is 9.30. The molecule has 2 heterocycles. The number of likely N-dealkylation sites (N-methyl/N-ethyl adjacent to an activating group) is 1. The van der Waals surface area contributed by atoms with Crippen molar-refractivity contribution in [3.05, 3.63) is 59.2 Å². The van der Waals surface area contributed by atoms with Gasteiger partial charge in [-0.3, -0.25) is 33.8 Å². The van der Waals surface area contributed by atoms with Crippen molar-refractivity contribution >= 4 is 45.2 Å². The number of benzene rings is 2. The van der Waals surface area contributed by atoms with E-state index in [1.54, 1.807) is 18.2 Å². The summed E-state index contributed by atoms with van der Waals surface area (Å²) in [6.07, 6.45) is 1.41. The Hall–Kier alpha value is -4.22. The molecule has 0 spiro atoms. The van der Waals surface area contributed by atoms with Crippen LogP contribution in [0.4, 0.5) is 5.69 Å². The molecule has 2 aromatic rings. The maximum absolute atomic E-state index is 13.2. The van der Waals surface area contributed by atoms with Crippen molar-refractivity contribution in [3.63, 3.8) is 0 Å². The van der Waals surface area contributed by atoms with Gasteiger partial charge < -0.3 is 24.8 Å². The van der Waals surface area contributed by atoms with Gasteiger partial charge in [-0.25, -0.2) is 13.6 Å². The number of nitrogens with zero attached hydrogens (tertiary/aromatic N) is 2. The van der Waals surface area contributed by atoms with Gasteiger partial charge in [0.15, 0.2) is 0 Å². The highest BCUT2D eigenvalue weighted by molar-refractivity contribution is 7.89. The van der Waals surface area contributed by atoms with Crippen molar-refractivity contribution in [2.45, 2.75) is 36.6 Å². The zero-order valence-corrected chi connectivity index (χ0v) is 26.9. The highest BCUT2D eigenvalue weighted by Gasteiger charge is 2.47. The first kappa shape index (κ1) is 35.6. The number of anilines is 1. The third kappa shape index (κ3) is 9.20. The van der Waals surface area contributed by atoms with Crippen molar-refractivity contribution in [2.75, 3.05) is 65.1 Å². The minimum absolute atomic E-state index is 0.0608. The number of rotatable bonds is 18. The summed E-state index contributed by atoms with van der Waals surface area (Å²) in [5, 5.41) is 11.0. The SMILES string of the molecule is CN1C(=O)CCC(N2C(=O)c3cccc(NCCCOCCOCCOCCCNC(=O)c4ccc(S(N)(=O)=O)cc4)c3C2=O)C1=O. The number of piperidine rings is 1. The van der Waals surface area contributed by atoms with Gasteiger partial charge in [0.25, 0.3) is 23.6 Å². The van der Waals surface area contributed by atoms with Crippen LogP contribution in [0.2, 0.25) is 0 Å². The van der Waals surface area contributed by atoms with E-state index >= 15 is 0 Å². The lowest BCUT2D eigenvalue weighted by molar-refractivity contribution is -0.149. The van der Waals surface area contributed by atoms with Gasteiger partial charge in [-0.05, 0) is 55.7 Å². The average molecular weight is 674 g/mol. The molecular weight excluding hydrogens is 634 g/mol. The number of carbonyl (C=O) groups excluding carboxylic acids is 5. The number of primary sulfonamides is 1. The molecule has 1 fully saturated rings. The molecule has 0 saturated carbocycles. The number of hydrogen-bond acceptors (Lipinski definition) is 11. The van der Waals surface area contributed by atoms with Gasteiger partial charge in [0.1, 0.15) is 6.04 Å². The van der Waals surface area contributed by atoms with Crippen LogP contribution >= 0.6 is 0 Å². The zero-order valence-electron chi connectivity index (χ0n) is 26.1.